The number of hydrogen-bond donors (Lipinski definition) is 0. The zero-order valence-corrected chi connectivity index (χ0v) is 9.25. The fourth-order valence-corrected chi connectivity index (χ4v) is 1.64. The summed E-state index contributed by atoms with van der Waals surface area (Å²) in [6.07, 6.45) is 0. The summed E-state index contributed by atoms with van der Waals surface area (Å²) in [6, 6.07) is 11.7. The van der Waals surface area contributed by atoms with E-state index in [1.807, 2.05) is 43.3 Å². The lowest BCUT2D eigenvalue weighted by Crippen LogP contribution is -2.01. The van der Waals surface area contributed by atoms with Crippen LogP contribution in [-0.4, -0.2) is 15.0 Å². The molecule has 2 rings (SSSR count). The van der Waals surface area contributed by atoms with E-state index in [0.29, 0.717) is 5.69 Å². The quantitative estimate of drug-likeness (QED) is 0.775. The first-order chi connectivity index (χ1) is 8.26. The number of nitriles is 2. The van der Waals surface area contributed by atoms with E-state index in [-0.39, 0.29) is 12.2 Å². The van der Waals surface area contributed by atoms with Crippen molar-refractivity contribution in [2.75, 3.05) is 0 Å². The second-order valence-corrected chi connectivity index (χ2v) is 3.58. The van der Waals surface area contributed by atoms with Crippen molar-refractivity contribution in [3.63, 3.8) is 0 Å². The second-order valence-electron chi connectivity index (χ2n) is 3.58. The van der Waals surface area contributed by atoms with Crippen LogP contribution < -0.4 is 0 Å². The van der Waals surface area contributed by atoms with Crippen LogP contribution in [0.15, 0.2) is 24.3 Å². The minimum atomic E-state index is 0.0813. The normalized spacial score (nSPS) is 9.59. The molecule has 5 heteroatoms. The zero-order chi connectivity index (χ0) is 12.3. The van der Waals surface area contributed by atoms with Crippen LogP contribution in [0.5, 0.6) is 0 Å². The highest BCUT2D eigenvalue weighted by molar-refractivity contribution is 5.65. The van der Waals surface area contributed by atoms with Crippen molar-refractivity contribution in [2.24, 2.45) is 0 Å². The van der Waals surface area contributed by atoms with E-state index in [0.717, 1.165) is 11.1 Å². The number of nitrogens with zero attached hydrogens (tertiary/aromatic N) is 5. The molecule has 0 saturated heterocycles. The summed E-state index contributed by atoms with van der Waals surface area (Å²) in [5.41, 5.74) is 2.77. The Hall–Kier alpha value is -2.66. The number of rotatable bonds is 2. The molecule has 0 fully saturated rings. The molecule has 0 amide bonds. The average molecular weight is 223 g/mol. The predicted molar refractivity (Wildman–Crippen MR) is 60.5 cm³/mol. The Labute approximate surface area is 98.5 Å². The van der Waals surface area contributed by atoms with Crippen molar-refractivity contribution < 1.29 is 0 Å². The first-order valence-corrected chi connectivity index (χ1v) is 5.04. The molecule has 0 N–H and O–H groups in total. The van der Waals surface area contributed by atoms with Gasteiger partial charge in [-0.05, 0) is 13.0 Å². The molecule has 0 unspecified atom stereocenters. The van der Waals surface area contributed by atoms with Crippen LogP contribution in [-0.2, 0) is 6.54 Å². The van der Waals surface area contributed by atoms with E-state index in [2.05, 4.69) is 10.3 Å². The Kier molecular flexibility index (Phi) is 2.85. The summed E-state index contributed by atoms with van der Waals surface area (Å²) in [5.74, 6) is 0. The summed E-state index contributed by atoms with van der Waals surface area (Å²) < 4.78 is 1.44. The van der Waals surface area contributed by atoms with Crippen LogP contribution >= 0.6 is 0 Å². The summed E-state index contributed by atoms with van der Waals surface area (Å²) >= 11 is 0. The van der Waals surface area contributed by atoms with Crippen molar-refractivity contribution >= 4 is 0 Å². The van der Waals surface area contributed by atoms with E-state index in [1.54, 1.807) is 0 Å². The van der Waals surface area contributed by atoms with Crippen LogP contribution in [0.2, 0.25) is 0 Å². The SMILES string of the molecule is Cc1cccc(-c2c(C#N)nnn2CC#N)c1. The van der Waals surface area contributed by atoms with Gasteiger partial charge >= 0.3 is 0 Å². The Morgan fingerprint density at radius 1 is 1.35 bits per heavy atom. The molecule has 0 aliphatic heterocycles. The van der Waals surface area contributed by atoms with Gasteiger partial charge in [-0.2, -0.15) is 10.5 Å². The van der Waals surface area contributed by atoms with E-state index >= 15 is 0 Å². The molecule has 0 atom stereocenters. The standard InChI is InChI=1S/C12H9N5/c1-9-3-2-4-10(7-9)12-11(8-14)15-16-17(12)6-5-13/h2-4,7H,6H2,1H3. The maximum Gasteiger partial charge on any atom is 0.190 e. The topological polar surface area (TPSA) is 78.3 Å². The van der Waals surface area contributed by atoms with Gasteiger partial charge < -0.3 is 0 Å². The van der Waals surface area contributed by atoms with Crippen LogP contribution in [0.4, 0.5) is 0 Å². The Bertz CT molecular complexity index is 627. The summed E-state index contributed by atoms with van der Waals surface area (Å²) in [7, 11) is 0. The van der Waals surface area contributed by atoms with Gasteiger partial charge in [-0.15, -0.1) is 5.10 Å². The highest BCUT2D eigenvalue weighted by atomic mass is 15.4. The van der Waals surface area contributed by atoms with Gasteiger partial charge in [0.1, 0.15) is 18.3 Å². The molecule has 2 aromatic rings. The smallest absolute Gasteiger partial charge is 0.190 e. The Morgan fingerprint density at radius 2 is 2.18 bits per heavy atom. The molecule has 0 aliphatic rings. The van der Waals surface area contributed by atoms with Crippen molar-refractivity contribution in [1.29, 1.82) is 10.5 Å². The first-order valence-electron chi connectivity index (χ1n) is 5.04. The average Bonchev–Trinajstić information content (AvgIpc) is 2.72. The molecule has 0 aliphatic carbocycles. The van der Waals surface area contributed by atoms with Crippen LogP contribution in [0, 0.1) is 29.6 Å². The third-order valence-electron chi connectivity index (χ3n) is 2.35. The summed E-state index contributed by atoms with van der Waals surface area (Å²) in [5, 5.41) is 25.3. The first kappa shape index (κ1) is 10.8. The van der Waals surface area contributed by atoms with Gasteiger partial charge in [-0.1, -0.05) is 29.0 Å². The van der Waals surface area contributed by atoms with E-state index < -0.39 is 0 Å². The van der Waals surface area contributed by atoms with Gasteiger partial charge in [0.25, 0.3) is 0 Å². The maximum atomic E-state index is 8.98. The van der Waals surface area contributed by atoms with Gasteiger partial charge in [-0.25, -0.2) is 4.68 Å². The summed E-state index contributed by atoms with van der Waals surface area (Å²) in [4.78, 5) is 0. The third kappa shape index (κ3) is 1.99. The molecular weight excluding hydrogens is 214 g/mol. The molecule has 5 nitrogen and oxygen atoms in total. The maximum absolute atomic E-state index is 8.98. The number of hydrogen-bond acceptors (Lipinski definition) is 4. The van der Waals surface area contributed by atoms with Gasteiger partial charge in [0.05, 0.1) is 6.07 Å². The number of aromatic nitrogens is 3. The Balaban J connectivity index is 2.61. The largest absolute Gasteiger partial charge is 0.229 e. The van der Waals surface area contributed by atoms with Crippen molar-refractivity contribution in [3.8, 4) is 23.4 Å². The molecule has 0 spiro atoms. The zero-order valence-electron chi connectivity index (χ0n) is 9.25. The van der Waals surface area contributed by atoms with Gasteiger partial charge in [-0.3, -0.25) is 0 Å². The lowest BCUT2D eigenvalue weighted by Gasteiger charge is -2.03. The van der Waals surface area contributed by atoms with Gasteiger partial charge in [0.2, 0.25) is 0 Å². The summed E-state index contributed by atoms with van der Waals surface area (Å²) in [6.45, 7) is 2.05. The van der Waals surface area contributed by atoms with Crippen molar-refractivity contribution in [1.82, 2.24) is 15.0 Å². The molecule has 1 aromatic heterocycles. The molecular formula is C12H9N5. The third-order valence-corrected chi connectivity index (χ3v) is 2.35. The van der Waals surface area contributed by atoms with Crippen LogP contribution in [0.1, 0.15) is 11.3 Å². The van der Waals surface area contributed by atoms with Crippen molar-refractivity contribution in [3.05, 3.63) is 35.5 Å². The molecule has 82 valence electrons. The van der Waals surface area contributed by atoms with E-state index in [9.17, 15) is 0 Å². The van der Waals surface area contributed by atoms with Crippen molar-refractivity contribution in [2.45, 2.75) is 13.5 Å². The van der Waals surface area contributed by atoms with E-state index in [4.69, 9.17) is 10.5 Å². The monoisotopic (exact) mass is 223 g/mol. The van der Waals surface area contributed by atoms with Gasteiger partial charge in [0.15, 0.2) is 5.69 Å². The highest BCUT2D eigenvalue weighted by Gasteiger charge is 2.14. The molecule has 1 heterocycles. The predicted octanol–water partition coefficient (Wildman–Crippen LogP) is 1.65. The fraction of sp³-hybridized carbons (Fsp3) is 0.167. The fourth-order valence-electron chi connectivity index (χ4n) is 1.64. The minimum Gasteiger partial charge on any atom is -0.229 e. The van der Waals surface area contributed by atoms with E-state index in [1.165, 1.54) is 4.68 Å². The lowest BCUT2D eigenvalue weighted by molar-refractivity contribution is 0.674. The number of benzene rings is 1. The molecule has 17 heavy (non-hydrogen) atoms. The van der Waals surface area contributed by atoms with Gasteiger partial charge in [0, 0.05) is 5.56 Å². The molecule has 1 aromatic carbocycles. The number of aryl methyl sites for hydroxylation is 1. The highest BCUT2D eigenvalue weighted by Crippen LogP contribution is 2.22. The van der Waals surface area contributed by atoms with Crippen LogP contribution in [0.3, 0.4) is 0 Å². The lowest BCUT2D eigenvalue weighted by atomic mass is 10.1. The molecule has 0 saturated carbocycles. The second kappa shape index (κ2) is 4.46. The minimum absolute atomic E-state index is 0.0813. The Morgan fingerprint density at radius 3 is 2.82 bits per heavy atom. The van der Waals surface area contributed by atoms with Crippen LogP contribution in [0.25, 0.3) is 11.3 Å². The molecule has 0 radical (unpaired) electrons. The molecule has 0 bridgehead atoms.